The summed E-state index contributed by atoms with van der Waals surface area (Å²) in [5.41, 5.74) is 12.5. The van der Waals surface area contributed by atoms with Gasteiger partial charge >= 0.3 is 11.9 Å². The number of hydrogen-bond donors (Lipinski definition) is 6. The van der Waals surface area contributed by atoms with Crippen molar-refractivity contribution in [2.24, 2.45) is 0 Å². The number of aromatic nitrogens is 4. The number of amides is 2. The number of carbonyl (C=O) groups is 5. The standard InChI is InChI=1S/C23H30N8O7S2/c1-11(32)30-16(22(35)36)8-39-18(20-15(25)7-26-10-29-20)3-14(34)4-19(21-27-5-13(24)6-28-21)40-9-17(23(37)38)31-12(2)33/h5-7,10,16-19H,3-4,8-9,24-25H2,1-2H3,(H,30,32)(H,31,33)(H,35,36)(H,37,38). The van der Waals surface area contributed by atoms with E-state index < -0.39 is 46.3 Å². The quantitative estimate of drug-likeness (QED) is 0.152. The van der Waals surface area contributed by atoms with E-state index in [9.17, 15) is 34.2 Å². The van der Waals surface area contributed by atoms with Crippen LogP contribution in [0.25, 0.3) is 0 Å². The van der Waals surface area contributed by atoms with Crippen molar-refractivity contribution in [1.29, 1.82) is 0 Å². The van der Waals surface area contributed by atoms with Gasteiger partial charge in [0.1, 0.15) is 30.0 Å². The number of aliphatic carboxylic acids is 2. The highest BCUT2D eigenvalue weighted by atomic mass is 32.2. The predicted molar refractivity (Wildman–Crippen MR) is 148 cm³/mol. The SMILES string of the molecule is CC(=O)NC(CSC(CC(=O)CC(SCC(NC(C)=O)C(=O)O)c1ncncc1N)c1ncc(N)cn1)C(=O)O. The third kappa shape index (κ3) is 10.6. The number of thioether (sulfide) groups is 2. The molecule has 0 spiro atoms. The number of nitrogen functional groups attached to an aromatic ring is 2. The van der Waals surface area contributed by atoms with Crippen molar-refractivity contribution >= 4 is 64.4 Å². The van der Waals surface area contributed by atoms with Gasteiger partial charge < -0.3 is 32.3 Å². The summed E-state index contributed by atoms with van der Waals surface area (Å²) in [7, 11) is 0. The normalized spacial score (nSPS) is 13.8. The van der Waals surface area contributed by atoms with E-state index in [1.807, 2.05) is 0 Å². The molecule has 17 heteroatoms. The molecule has 0 aliphatic rings. The molecule has 0 radical (unpaired) electrons. The van der Waals surface area contributed by atoms with Gasteiger partial charge in [0.25, 0.3) is 0 Å². The molecular formula is C23H30N8O7S2. The van der Waals surface area contributed by atoms with E-state index in [0.717, 1.165) is 23.5 Å². The Labute approximate surface area is 237 Å². The number of nitrogens with two attached hydrogens (primary N) is 2. The molecule has 0 bridgehead atoms. The Hall–Kier alpha value is -3.99. The van der Waals surface area contributed by atoms with Gasteiger partial charge in [-0.1, -0.05) is 0 Å². The summed E-state index contributed by atoms with van der Waals surface area (Å²) in [6.45, 7) is 2.39. The summed E-state index contributed by atoms with van der Waals surface area (Å²) in [6.07, 6.45) is 5.07. The lowest BCUT2D eigenvalue weighted by Crippen LogP contribution is -2.41. The van der Waals surface area contributed by atoms with E-state index in [0.29, 0.717) is 11.4 Å². The lowest BCUT2D eigenvalue weighted by molar-refractivity contribution is -0.141. The molecule has 0 saturated heterocycles. The van der Waals surface area contributed by atoms with Crippen LogP contribution in [0.15, 0.2) is 24.9 Å². The molecule has 216 valence electrons. The van der Waals surface area contributed by atoms with Crippen molar-refractivity contribution in [3.8, 4) is 0 Å². The molecule has 0 fully saturated rings. The number of rotatable bonds is 16. The highest BCUT2D eigenvalue weighted by Crippen LogP contribution is 2.37. The van der Waals surface area contributed by atoms with E-state index >= 15 is 0 Å². The maximum absolute atomic E-state index is 13.3. The van der Waals surface area contributed by atoms with Crippen LogP contribution in [0, 0.1) is 0 Å². The van der Waals surface area contributed by atoms with Crippen molar-refractivity contribution in [3.05, 3.63) is 36.4 Å². The van der Waals surface area contributed by atoms with Gasteiger partial charge in [-0.15, -0.1) is 23.5 Å². The van der Waals surface area contributed by atoms with Gasteiger partial charge in [0.2, 0.25) is 11.8 Å². The van der Waals surface area contributed by atoms with Crippen LogP contribution in [0.4, 0.5) is 11.4 Å². The molecule has 15 nitrogen and oxygen atoms in total. The first-order chi connectivity index (χ1) is 18.9. The number of Topliss-reactive ketones (excluding diaryl/α,β-unsaturated/α-hetero) is 1. The zero-order valence-electron chi connectivity index (χ0n) is 21.6. The summed E-state index contributed by atoms with van der Waals surface area (Å²) in [6, 6.07) is -2.42. The van der Waals surface area contributed by atoms with Crippen molar-refractivity contribution in [3.63, 3.8) is 0 Å². The molecule has 4 atom stereocenters. The van der Waals surface area contributed by atoms with E-state index in [4.69, 9.17) is 11.5 Å². The molecule has 40 heavy (non-hydrogen) atoms. The van der Waals surface area contributed by atoms with Gasteiger partial charge in [-0.05, 0) is 0 Å². The molecule has 2 rings (SSSR count). The Bertz CT molecular complexity index is 1220. The molecular weight excluding hydrogens is 564 g/mol. The topological polar surface area (TPSA) is 253 Å². The highest BCUT2D eigenvalue weighted by Gasteiger charge is 2.29. The van der Waals surface area contributed by atoms with Crippen molar-refractivity contribution in [2.75, 3.05) is 23.0 Å². The Morgan fingerprint density at radius 1 is 0.825 bits per heavy atom. The van der Waals surface area contributed by atoms with Crippen LogP contribution in [0.5, 0.6) is 0 Å². The molecule has 2 aromatic rings. The van der Waals surface area contributed by atoms with Crippen LogP contribution in [-0.2, 0) is 24.0 Å². The van der Waals surface area contributed by atoms with Crippen LogP contribution >= 0.6 is 23.5 Å². The van der Waals surface area contributed by atoms with Gasteiger partial charge in [0.05, 0.1) is 46.2 Å². The molecule has 2 amide bonds. The number of carbonyl (C=O) groups excluding carboxylic acids is 3. The fourth-order valence-electron chi connectivity index (χ4n) is 3.35. The molecule has 0 aromatic carbocycles. The molecule has 8 N–H and O–H groups in total. The minimum absolute atomic E-state index is 0.0748. The lowest BCUT2D eigenvalue weighted by Gasteiger charge is -2.21. The second-order valence-corrected chi connectivity index (χ2v) is 11.0. The summed E-state index contributed by atoms with van der Waals surface area (Å²) in [5.74, 6) is -3.74. The van der Waals surface area contributed by atoms with Crippen LogP contribution in [0.2, 0.25) is 0 Å². The smallest absolute Gasteiger partial charge is 0.327 e. The molecule has 0 saturated carbocycles. The predicted octanol–water partition coefficient (Wildman–Crippen LogP) is 0.208. The Kier molecular flexibility index (Phi) is 12.5. The van der Waals surface area contributed by atoms with Crippen molar-refractivity contribution < 1.29 is 34.2 Å². The number of hydrogen-bond acceptors (Lipinski definition) is 13. The van der Waals surface area contributed by atoms with E-state index in [-0.39, 0.29) is 41.6 Å². The third-order valence-electron chi connectivity index (χ3n) is 5.16. The number of carboxylic acid groups (broad SMARTS) is 2. The largest absolute Gasteiger partial charge is 0.480 e. The lowest BCUT2D eigenvalue weighted by atomic mass is 10.1. The fraction of sp³-hybridized carbons (Fsp3) is 0.435. The molecule has 2 aromatic heterocycles. The summed E-state index contributed by atoms with van der Waals surface area (Å²) in [4.78, 5) is 75.8. The summed E-state index contributed by atoms with van der Waals surface area (Å²) >= 11 is 2.16. The van der Waals surface area contributed by atoms with Crippen LogP contribution in [-0.4, -0.2) is 83.3 Å². The Morgan fingerprint density at radius 2 is 1.32 bits per heavy atom. The number of ketones is 1. The van der Waals surface area contributed by atoms with Crippen LogP contribution in [0.3, 0.4) is 0 Å². The van der Waals surface area contributed by atoms with Crippen LogP contribution in [0.1, 0.15) is 48.7 Å². The minimum Gasteiger partial charge on any atom is -0.480 e. The average molecular weight is 595 g/mol. The zero-order valence-corrected chi connectivity index (χ0v) is 23.3. The highest BCUT2D eigenvalue weighted by molar-refractivity contribution is 7.99. The van der Waals surface area contributed by atoms with Gasteiger partial charge in [0, 0.05) is 38.2 Å². The first-order valence-electron chi connectivity index (χ1n) is 11.7. The van der Waals surface area contributed by atoms with Crippen molar-refractivity contribution in [2.45, 2.75) is 49.3 Å². The Balaban J connectivity index is 2.26. The van der Waals surface area contributed by atoms with E-state index in [2.05, 4.69) is 30.6 Å². The number of nitrogens with zero attached hydrogens (tertiary/aromatic N) is 4. The summed E-state index contributed by atoms with van der Waals surface area (Å²) in [5, 5.41) is 22.2. The molecule has 0 aliphatic carbocycles. The first-order valence-corrected chi connectivity index (χ1v) is 13.8. The maximum Gasteiger partial charge on any atom is 0.327 e. The average Bonchev–Trinajstić information content (AvgIpc) is 2.87. The van der Waals surface area contributed by atoms with Gasteiger partial charge in [-0.2, -0.15) is 0 Å². The zero-order chi connectivity index (χ0) is 29.8. The third-order valence-corrected chi connectivity index (χ3v) is 7.79. The number of carboxylic acids is 2. The second-order valence-electron chi connectivity index (χ2n) is 8.51. The first kappa shape index (κ1) is 32.2. The van der Waals surface area contributed by atoms with E-state index in [1.165, 1.54) is 38.8 Å². The van der Waals surface area contributed by atoms with Gasteiger partial charge in [0.15, 0.2) is 0 Å². The van der Waals surface area contributed by atoms with E-state index in [1.54, 1.807) is 0 Å². The van der Waals surface area contributed by atoms with Gasteiger partial charge in [-0.3, -0.25) is 14.4 Å². The maximum atomic E-state index is 13.3. The summed E-state index contributed by atoms with van der Waals surface area (Å²) < 4.78 is 0. The molecule has 2 heterocycles. The van der Waals surface area contributed by atoms with Crippen molar-refractivity contribution in [1.82, 2.24) is 30.6 Å². The fourth-order valence-corrected chi connectivity index (χ4v) is 5.89. The van der Waals surface area contributed by atoms with Gasteiger partial charge in [-0.25, -0.2) is 29.5 Å². The number of anilines is 2. The van der Waals surface area contributed by atoms with Crippen LogP contribution < -0.4 is 22.1 Å². The number of nitrogens with one attached hydrogen (secondary N) is 2. The second kappa shape index (κ2) is 15.6. The monoisotopic (exact) mass is 594 g/mol. The minimum atomic E-state index is -1.24. The Morgan fingerprint density at radius 3 is 1.80 bits per heavy atom. The molecule has 0 aliphatic heterocycles. The molecule has 4 unspecified atom stereocenters.